The predicted octanol–water partition coefficient (Wildman–Crippen LogP) is 2.54. The highest BCUT2D eigenvalue weighted by atomic mass is 16.5. The molecule has 1 aliphatic heterocycles. The molecule has 5 nitrogen and oxygen atoms in total. The van der Waals surface area contributed by atoms with Gasteiger partial charge in [-0.2, -0.15) is 5.10 Å². The van der Waals surface area contributed by atoms with Crippen LogP contribution < -0.4 is 5.32 Å². The standard InChI is InChI=1S/C15H25N3O2/c1-3-5-12(4-2)17-15(19)14-6-9-16-18(14)13-7-10-20-11-8-13/h6,9,12-13H,3-5,7-8,10-11H2,1-2H3,(H,17,19). The molecule has 1 unspecified atom stereocenters. The minimum atomic E-state index is -0.00529. The number of hydrogen-bond acceptors (Lipinski definition) is 3. The van der Waals surface area contributed by atoms with Crippen LogP contribution in [0.5, 0.6) is 0 Å². The highest BCUT2D eigenvalue weighted by Crippen LogP contribution is 2.21. The molecule has 20 heavy (non-hydrogen) atoms. The molecule has 1 saturated heterocycles. The van der Waals surface area contributed by atoms with E-state index in [2.05, 4.69) is 24.3 Å². The van der Waals surface area contributed by atoms with Gasteiger partial charge < -0.3 is 10.1 Å². The van der Waals surface area contributed by atoms with Crippen molar-refractivity contribution < 1.29 is 9.53 Å². The van der Waals surface area contributed by atoms with Gasteiger partial charge in [-0.25, -0.2) is 0 Å². The number of hydrogen-bond donors (Lipinski definition) is 1. The minimum Gasteiger partial charge on any atom is -0.381 e. The summed E-state index contributed by atoms with van der Waals surface area (Å²) in [6, 6.07) is 2.35. The van der Waals surface area contributed by atoms with Crippen molar-refractivity contribution in [2.24, 2.45) is 0 Å². The average Bonchev–Trinajstić information content (AvgIpc) is 2.97. The van der Waals surface area contributed by atoms with Crippen LogP contribution in [0.2, 0.25) is 0 Å². The third-order valence-electron chi connectivity index (χ3n) is 3.90. The summed E-state index contributed by atoms with van der Waals surface area (Å²) in [5, 5.41) is 7.46. The van der Waals surface area contributed by atoms with Crippen LogP contribution in [0, 0.1) is 0 Å². The molecule has 1 aromatic heterocycles. The van der Waals surface area contributed by atoms with Gasteiger partial charge in [0.25, 0.3) is 5.91 Å². The van der Waals surface area contributed by atoms with Gasteiger partial charge in [0.05, 0.1) is 6.04 Å². The van der Waals surface area contributed by atoms with Crippen LogP contribution in [-0.4, -0.2) is 34.9 Å². The quantitative estimate of drug-likeness (QED) is 0.870. The summed E-state index contributed by atoms with van der Waals surface area (Å²) < 4.78 is 7.24. The molecule has 1 N–H and O–H groups in total. The molecule has 1 atom stereocenters. The Hall–Kier alpha value is -1.36. The predicted molar refractivity (Wildman–Crippen MR) is 77.8 cm³/mol. The maximum Gasteiger partial charge on any atom is 0.269 e. The molecule has 0 aromatic carbocycles. The summed E-state index contributed by atoms with van der Waals surface area (Å²) in [6.45, 7) is 5.75. The number of carbonyl (C=O) groups excluding carboxylic acids is 1. The zero-order chi connectivity index (χ0) is 14.4. The molecule has 2 heterocycles. The Morgan fingerprint density at radius 1 is 1.50 bits per heavy atom. The summed E-state index contributed by atoms with van der Waals surface area (Å²) in [6.07, 6.45) is 6.63. The Morgan fingerprint density at radius 3 is 2.90 bits per heavy atom. The maximum absolute atomic E-state index is 12.4. The average molecular weight is 279 g/mol. The molecule has 5 heteroatoms. The lowest BCUT2D eigenvalue weighted by molar-refractivity contribution is 0.0640. The molecule has 1 aliphatic rings. The van der Waals surface area contributed by atoms with E-state index in [-0.39, 0.29) is 18.0 Å². The van der Waals surface area contributed by atoms with Crippen molar-refractivity contribution in [2.45, 2.75) is 58.0 Å². The molecule has 112 valence electrons. The van der Waals surface area contributed by atoms with E-state index in [0.29, 0.717) is 5.69 Å². The number of rotatable bonds is 6. The van der Waals surface area contributed by atoms with E-state index >= 15 is 0 Å². The number of aromatic nitrogens is 2. The first-order valence-corrected chi connectivity index (χ1v) is 7.68. The molecule has 0 aliphatic carbocycles. The molecule has 0 bridgehead atoms. The van der Waals surface area contributed by atoms with E-state index in [1.54, 1.807) is 6.20 Å². The fourth-order valence-electron chi connectivity index (χ4n) is 2.70. The van der Waals surface area contributed by atoms with Crippen molar-refractivity contribution in [3.63, 3.8) is 0 Å². The summed E-state index contributed by atoms with van der Waals surface area (Å²) in [4.78, 5) is 12.4. The molecule has 0 spiro atoms. The third kappa shape index (κ3) is 3.60. The summed E-state index contributed by atoms with van der Waals surface area (Å²) in [5.74, 6) is -0.00529. The van der Waals surface area contributed by atoms with Crippen molar-refractivity contribution in [2.75, 3.05) is 13.2 Å². The molecule has 1 aromatic rings. The summed E-state index contributed by atoms with van der Waals surface area (Å²) in [5.41, 5.74) is 0.673. The first kappa shape index (κ1) is 15.0. The van der Waals surface area contributed by atoms with Crippen molar-refractivity contribution in [1.82, 2.24) is 15.1 Å². The lowest BCUT2D eigenvalue weighted by Crippen LogP contribution is -2.36. The second kappa shape index (κ2) is 7.43. The van der Waals surface area contributed by atoms with Gasteiger partial charge in [0.1, 0.15) is 5.69 Å². The molecule has 0 saturated carbocycles. The lowest BCUT2D eigenvalue weighted by atomic mass is 10.1. The SMILES string of the molecule is CCCC(CC)NC(=O)c1ccnn1C1CCOCC1. The second-order valence-corrected chi connectivity index (χ2v) is 5.37. The topological polar surface area (TPSA) is 56.2 Å². The molecule has 1 fully saturated rings. The zero-order valence-corrected chi connectivity index (χ0v) is 12.5. The van der Waals surface area contributed by atoms with Gasteiger partial charge in [-0.1, -0.05) is 20.3 Å². The number of nitrogens with one attached hydrogen (secondary N) is 1. The van der Waals surface area contributed by atoms with Gasteiger partial charge in [-0.3, -0.25) is 9.48 Å². The van der Waals surface area contributed by atoms with Gasteiger partial charge in [0, 0.05) is 25.5 Å². The molecular formula is C15H25N3O2. The number of nitrogens with zero attached hydrogens (tertiary/aromatic N) is 2. The van der Waals surface area contributed by atoms with E-state index < -0.39 is 0 Å². The summed E-state index contributed by atoms with van der Waals surface area (Å²) in [7, 11) is 0. The number of amides is 1. The van der Waals surface area contributed by atoms with E-state index in [1.165, 1.54) is 0 Å². The molecule has 1 amide bonds. The van der Waals surface area contributed by atoms with E-state index in [9.17, 15) is 4.79 Å². The van der Waals surface area contributed by atoms with Crippen molar-refractivity contribution >= 4 is 5.91 Å². The van der Waals surface area contributed by atoms with Crippen molar-refractivity contribution in [3.8, 4) is 0 Å². The fraction of sp³-hybridized carbons (Fsp3) is 0.733. The molecule has 0 radical (unpaired) electrons. The Balaban J connectivity index is 2.04. The van der Waals surface area contributed by atoms with Crippen LogP contribution in [0.25, 0.3) is 0 Å². The van der Waals surface area contributed by atoms with E-state index in [4.69, 9.17) is 4.74 Å². The van der Waals surface area contributed by atoms with Crippen LogP contribution in [0.1, 0.15) is 62.5 Å². The van der Waals surface area contributed by atoms with Crippen LogP contribution in [0.15, 0.2) is 12.3 Å². The van der Waals surface area contributed by atoms with Crippen LogP contribution in [0.3, 0.4) is 0 Å². The Labute approximate surface area is 120 Å². The first-order chi connectivity index (χ1) is 9.76. The summed E-state index contributed by atoms with van der Waals surface area (Å²) >= 11 is 0. The lowest BCUT2D eigenvalue weighted by Gasteiger charge is -2.24. The van der Waals surface area contributed by atoms with Crippen molar-refractivity contribution in [1.29, 1.82) is 0 Å². The van der Waals surface area contributed by atoms with Crippen molar-refractivity contribution in [3.05, 3.63) is 18.0 Å². The minimum absolute atomic E-state index is 0.00529. The normalized spacial score (nSPS) is 17.9. The monoisotopic (exact) mass is 279 g/mol. The maximum atomic E-state index is 12.4. The Kier molecular flexibility index (Phi) is 5.59. The van der Waals surface area contributed by atoms with Crippen LogP contribution in [0.4, 0.5) is 0 Å². The van der Waals surface area contributed by atoms with Gasteiger partial charge in [0.15, 0.2) is 0 Å². The van der Waals surface area contributed by atoms with Gasteiger partial charge in [-0.05, 0) is 31.7 Å². The van der Waals surface area contributed by atoms with Crippen LogP contribution >= 0.6 is 0 Å². The molecule has 2 rings (SSSR count). The third-order valence-corrected chi connectivity index (χ3v) is 3.90. The fourth-order valence-corrected chi connectivity index (χ4v) is 2.70. The zero-order valence-electron chi connectivity index (χ0n) is 12.5. The molecular weight excluding hydrogens is 254 g/mol. The van der Waals surface area contributed by atoms with E-state index in [0.717, 1.165) is 45.3 Å². The van der Waals surface area contributed by atoms with Gasteiger partial charge >= 0.3 is 0 Å². The Bertz CT molecular complexity index is 425. The van der Waals surface area contributed by atoms with Crippen LogP contribution in [-0.2, 0) is 4.74 Å². The van der Waals surface area contributed by atoms with Gasteiger partial charge in [-0.15, -0.1) is 0 Å². The highest BCUT2D eigenvalue weighted by Gasteiger charge is 2.22. The second-order valence-electron chi connectivity index (χ2n) is 5.37. The smallest absolute Gasteiger partial charge is 0.269 e. The highest BCUT2D eigenvalue weighted by molar-refractivity contribution is 5.92. The first-order valence-electron chi connectivity index (χ1n) is 7.68. The largest absolute Gasteiger partial charge is 0.381 e. The van der Waals surface area contributed by atoms with E-state index in [1.807, 2.05) is 10.7 Å². The number of ether oxygens (including phenoxy) is 1. The Morgan fingerprint density at radius 2 is 2.25 bits per heavy atom. The van der Waals surface area contributed by atoms with Gasteiger partial charge in [0.2, 0.25) is 0 Å². The number of carbonyl (C=O) groups is 1.